The van der Waals surface area contributed by atoms with Crippen molar-refractivity contribution in [1.29, 1.82) is 5.26 Å². The highest BCUT2D eigenvalue weighted by molar-refractivity contribution is 7.16. The van der Waals surface area contributed by atoms with Gasteiger partial charge in [-0.3, -0.25) is 4.79 Å². The van der Waals surface area contributed by atoms with Crippen LogP contribution in [0.4, 0.5) is 9.80 Å². The molecule has 0 bridgehead atoms. The van der Waals surface area contributed by atoms with Crippen molar-refractivity contribution in [2.45, 2.75) is 19.9 Å². The zero-order valence-corrected chi connectivity index (χ0v) is 15.6. The Morgan fingerprint density at radius 1 is 1.46 bits per heavy atom. The van der Waals surface area contributed by atoms with E-state index in [1.54, 1.807) is 36.1 Å². The summed E-state index contributed by atoms with van der Waals surface area (Å²) in [6.07, 6.45) is 0.190. The zero-order valence-electron chi connectivity index (χ0n) is 14.0. The molecule has 0 radical (unpaired) electrons. The van der Waals surface area contributed by atoms with Crippen LogP contribution in [0.1, 0.15) is 33.3 Å². The highest BCUT2D eigenvalue weighted by Gasteiger charge is 2.28. The number of benzene rings is 1. The summed E-state index contributed by atoms with van der Waals surface area (Å²) in [7, 11) is 0. The molecule has 0 aliphatic carbocycles. The van der Waals surface area contributed by atoms with Crippen molar-refractivity contribution >= 4 is 39.9 Å². The van der Waals surface area contributed by atoms with Crippen LogP contribution in [0.5, 0.6) is 0 Å². The molecular weight excluding hydrogens is 374 g/mol. The van der Waals surface area contributed by atoms with Crippen molar-refractivity contribution in [3.05, 3.63) is 50.9 Å². The van der Waals surface area contributed by atoms with Gasteiger partial charge in [0.25, 0.3) is 5.91 Å². The molecule has 1 aliphatic heterocycles. The molecule has 3 rings (SSSR count). The summed E-state index contributed by atoms with van der Waals surface area (Å²) in [5.74, 6) is -0.329. The van der Waals surface area contributed by atoms with E-state index in [1.165, 1.54) is 11.3 Å². The fourth-order valence-electron chi connectivity index (χ4n) is 2.79. The normalized spacial score (nSPS) is 12.9. The Labute approximate surface area is 159 Å². The number of halogens is 1. The van der Waals surface area contributed by atoms with Crippen molar-refractivity contribution in [3.8, 4) is 6.07 Å². The van der Waals surface area contributed by atoms with Crippen LogP contribution in [0.3, 0.4) is 0 Å². The maximum absolute atomic E-state index is 12.4. The number of ether oxygens (including phenoxy) is 1. The molecule has 0 saturated heterocycles. The fourth-order valence-corrected chi connectivity index (χ4v) is 4.18. The average molecular weight is 390 g/mol. The highest BCUT2D eigenvalue weighted by Crippen LogP contribution is 2.37. The van der Waals surface area contributed by atoms with Crippen LogP contribution >= 0.6 is 22.9 Å². The zero-order chi connectivity index (χ0) is 18.7. The molecule has 0 spiro atoms. The number of rotatable bonds is 3. The third kappa shape index (κ3) is 3.66. The minimum Gasteiger partial charge on any atom is -0.450 e. The second-order valence-corrected chi connectivity index (χ2v) is 7.20. The van der Waals surface area contributed by atoms with E-state index in [0.29, 0.717) is 47.3 Å². The Hall–Kier alpha value is -2.56. The summed E-state index contributed by atoms with van der Waals surface area (Å²) in [4.78, 5) is 26.9. The molecule has 2 amide bonds. The van der Waals surface area contributed by atoms with Crippen molar-refractivity contribution in [1.82, 2.24) is 4.90 Å². The number of hydrogen-bond donors (Lipinski definition) is 1. The average Bonchev–Trinajstić information content (AvgIpc) is 2.97. The Morgan fingerprint density at radius 2 is 2.27 bits per heavy atom. The van der Waals surface area contributed by atoms with Crippen LogP contribution in [0, 0.1) is 11.3 Å². The van der Waals surface area contributed by atoms with Crippen molar-refractivity contribution in [3.63, 3.8) is 0 Å². The number of amides is 2. The van der Waals surface area contributed by atoms with E-state index in [-0.39, 0.29) is 12.0 Å². The topological polar surface area (TPSA) is 82.4 Å². The van der Waals surface area contributed by atoms with Gasteiger partial charge in [-0.15, -0.1) is 11.3 Å². The molecule has 1 aromatic heterocycles. The number of nitrogens with zero attached hydrogens (tertiary/aromatic N) is 2. The number of thiophene rings is 1. The van der Waals surface area contributed by atoms with Crippen LogP contribution in [-0.2, 0) is 17.7 Å². The first-order valence-electron chi connectivity index (χ1n) is 8.06. The van der Waals surface area contributed by atoms with E-state index in [4.69, 9.17) is 16.3 Å². The maximum Gasteiger partial charge on any atom is 0.410 e. The van der Waals surface area contributed by atoms with Crippen LogP contribution in [0.15, 0.2) is 24.3 Å². The predicted molar refractivity (Wildman–Crippen MR) is 99.6 cm³/mol. The lowest BCUT2D eigenvalue weighted by Crippen LogP contribution is -2.35. The van der Waals surface area contributed by atoms with Gasteiger partial charge < -0.3 is 15.0 Å². The van der Waals surface area contributed by atoms with E-state index in [2.05, 4.69) is 11.4 Å². The molecule has 0 unspecified atom stereocenters. The van der Waals surface area contributed by atoms with E-state index in [9.17, 15) is 14.9 Å². The van der Waals surface area contributed by atoms with Gasteiger partial charge in [-0.25, -0.2) is 4.79 Å². The summed E-state index contributed by atoms with van der Waals surface area (Å²) >= 11 is 7.24. The Balaban J connectivity index is 1.83. The van der Waals surface area contributed by atoms with Crippen LogP contribution in [0.2, 0.25) is 5.02 Å². The molecule has 1 aliphatic rings. The van der Waals surface area contributed by atoms with Gasteiger partial charge in [-0.1, -0.05) is 17.7 Å². The second kappa shape index (κ2) is 7.77. The van der Waals surface area contributed by atoms with E-state index in [0.717, 1.165) is 10.4 Å². The van der Waals surface area contributed by atoms with Crippen molar-refractivity contribution in [2.75, 3.05) is 18.5 Å². The minimum atomic E-state index is -0.366. The Kier molecular flexibility index (Phi) is 5.45. The first kappa shape index (κ1) is 18.2. The van der Waals surface area contributed by atoms with Gasteiger partial charge in [0.15, 0.2) is 0 Å². The van der Waals surface area contributed by atoms with Crippen LogP contribution < -0.4 is 5.32 Å². The van der Waals surface area contributed by atoms with Gasteiger partial charge in [0, 0.05) is 22.0 Å². The van der Waals surface area contributed by atoms with Gasteiger partial charge in [0.1, 0.15) is 11.1 Å². The predicted octanol–water partition coefficient (Wildman–Crippen LogP) is 4.04. The molecule has 1 aromatic carbocycles. The molecule has 0 fully saturated rings. The number of nitriles is 1. The summed E-state index contributed by atoms with van der Waals surface area (Å²) in [6, 6.07) is 8.78. The van der Waals surface area contributed by atoms with Gasteiger partial charge in [0.2, 0.25) is 0 Å². The first-order chi connectivity index (χ1) is 12.5. The monoisotopic (exact) mass is 389 g/mol. The van der Waals surface area contributed by atoms with Gasteiger partial charge >= 0.3 is 6.09 Å². The molecule has 0 atom stereocenters. The Bertz CT molecular complexity index is 904. The maximum atomic E-state index is 12.4. The molecule has 8 heteroatoms. The smallest absolute Gasteiger partial charge is 0.410 e. The Morgan fingerprint density at radius 3 is 2.96 bits per heavy atom. The largest absolute Gasteiger partial charge is 0.450 e. The van der Waals surface area contributed by atoms with Crippen molar-refractivity contribution < 1.29 is 14.3 Å². The molecule has 6 nitrogen and oxygen atoms in total. The summed E-state index contributed by atoms with van der Waals surface area (Å²) < 4.78 is 5.04. The SMILES string of the molecule is CCOC(=O)N1CCc2c(sc(NC(=O)c3cccc(Cl)c3)c2C#N)C1. The number of carbonyl (C=O) groups is 2. The number of carbonyl (C=O) groups excluding carboxylic acids is 2. The molecular formula is C18H16ClN3O3S. The van der Waals surface area contributed by atoms with Gasteiger partial charge in [-0.05, 0) is 37.1 Å². The first-order valence-corrected chi connectivity index (χ1v) is 9.26. The van der Waals surface area contributed by atoms with E-state index >= 15 is 0 Å². The third-order valence-electron chi connectivity index (χ3n) is 4.01. The van der Waals surface area contributed by atoms with Crippen LogP contribution in [-0.4, -0.2) is 30.1 Å². The lowest BCUT2D eigenvalue weighted by Gasteiger charge is -2.25. The molecule has 1 N–H and O–H groups in total. The molecule has 2 heterocycles. The summed E-state index contributed by atoms with van der Waals surface area (Å²) in [6.45, 7) is 2.94. The summed E-state index contributed by atoms with van der Waals surface area (Å²) in [5.41, 5.74) is 1.77. The standard InChI is InChI=1S/C18H16ClN3O3S/c1-2-25-18(24)22-7-6-13-14(9-20)17(26-15(13)10-22)21-16(23)11-4-3-5-12(19)8-11/h3-5,8H,2,6-7,10H2,1H3,(H,21,23). The quantitative estimate of drug-likeness (QED) is 0.858. The van der Waals surface area contributed by atoms with E-state index < -0.39 is 0 Å². The van der Waals surface area contributed by atoms with E-state index in [1.807, 2.05) is 0 Å². The van der Waals surface area contributed by atoms with Crippen LogP contribution in [0.25, 0.3) is 0 Å². The molecule has 134 valence electrons. The second-order valence-electron chi connectivity index (χ2n) is 5.65. The van der Waals surface area contributed by atoms with Crippen molar-refractivity contribution in [2.24, 2.45) is 0 Å². The number of nitrogens with one attached hydrogen (secondary N) is 1. The third-order valence-corrected chi connectivity index (χ3v) is 5.38. The number of fused-ring (bicyclic) bond motifs is 1. The van der Waals surface area contributed by atoms with Gasteiger partial charge in [-0.2, -0.15) is 5.26 Å². The lowest BCUT2D eigenvalue weighted by atomic mass is 10.0. The summed E-state index contributed by atoms with van der Waals surface area (Å²) in [5, 5.41) is 13.3. The fraction of sp³-hybridized carbons (Fsp3) is 0.278. The molecule has 2 aromatic rings. The number of hydrogen-bond acceptors (Lipinski definition) is 5. The molecule has 0 saturated carbocycles. The number of anilines is 1. The lowest BCUT2D eigenvalue weighted by molar-refractivity contribution is 0.102. The highest BCUT2D eigenvalue weighted by atomic mass is 35.5. The molecule has 26 heavy (non-hydrogen) atoms. The van der Waals surface area contributed by atoms with Gasteiger partial charge in [0.05, 0.1) is 18.7 Å². The minimum absolute atomic E-state index is 0.316.